The third kappa shape index (κ3) is 6.21. The molecule has 154 valence electrons. The minimum Gasteiger partial charge on any atom is -0.496 e. The summed E-state index contributed by atoms with van der Waals surface area (Å²) in [6.07, 6.45) is 2.89. The number of esters is 1. The van der Waals surface area contributed by atoms with Crippen LogP contribution in [0.4, 0.5) is 5.69 Å². The van der Waals surface area contributed by atoms with Gasteiger partial charge in [0.15, 0.2) is 6.61 Å². The summed E-state index contributed by atoms with van der Waals surface area (Å²) in [6.45, 7) is 7.98. The van der Waals surface area contributed by atoms with E-state index in [-0.39, 0.29) is 24.3 Å². The highest BCUT2D eigenvalue weighted by atomic mass is 16.5. The molecule has 0 bridgehead atoms. The van der Waals surface area contributed by atoms with Gasteiger partial charge in [0.1, 0.15) is 5.75 Å². The summed E-state index contributed by atoms with van der Waals surface area (Å²) < 4.78 is 10.3. The topological polar surface area (TPSA) is 64.6 Å². The van der Waals surface area contributed by atoms with Crippen molar-refractivity contribution in [1.82, 2.24) is 0 Å². The van der Waals surface area contributed by atoms with Crippen LogP contribution in [0.3, 0.4) is 0 Å². The van der Waals surface area contributed by atoms with Crippen molar-refractivity contribution < 1.29 is 19.1 Å². The van der Waals surface area contributed by atoms with Crippen molar-refractivity contribution in [2.75, 3.05) is 19.0 Å². The highest BCUT2D eigenvalue weighted by Gasteiger charge is 2.16. The maximum atomic E-state index is 12.4. The Morgan fingerprint density at radius 3 is 2.17 bits per heavy atom. The maximum Gasteiger partial charge on any atom is 0.331 e. The van der Waals surface area contributed by atoms with Crippen molar-refractivity contribution in [2.24, 2.45) is 0 Å². The molecule has 0 heterocycles. The minimum absolute atomic E-state index is 0.260. The lowest BCUT2D eigenvalue weighted by Gasteiger charge is -2.20. The Kier molecular flexibility index (Phi) is 8.01. The predicted octanol–water partition coefficient (Wildman–Crippen LogP) is 5.14. The van der Waals surface area contributed by atoms with E-state index in [2.05, 4.69) is 33.0 Å². The van der Waals surface area contributed by atoms with Crippen LogP contribution in [0.15, 0.2) is 48.5 Å². The van der Waals surface area contributed by atoms with Gasteiger partial charge in [-0.15, -0.1) is 0 Å². The van der Waals surface area contributed by atoms with Gasteiger partial charge in [0, 0.05) is 17.3 Å². The first-order chi connectivity index (χ1) is 13.8. The van der Waals surface area contributed by atoms with Crippen molar-refractivity contribution >= 4 is 23.6 Å². The third-order valence-corrected chi connectivity index (χ3v) is 4.52. The molecule has 2 aromatic carbocycles. The lowest BCUT2D eigenvalue weighted by Crippen LogP contribution is -2.22. The summed E-state index contributed by atoms with van der Waals surface area (Å²) in [5, 5.41) is 2.93. The Labute approximate surface area is 172 Å². The molecule has 1 N–H and O–H groups in total. The van der Waals surface area contributed by atoms with Crippen molar-refractivity contribution in [2.45, 2.75) is 39.5 Å². The average Bonchev–Trinajstić information content (AvgIpc) is 2.70. The molecular weight excluding hydrogens is 366 g/mol. The van der Waals surface area contributed by atoms with Gasteiger partial charge in [-0.1, -0.05) is 64.1 Å². The van der Waals surface area contributed by atoms with Gasteiger partial charge in [0.25, 0.3) is 5.91 Å². The average molecular weight is 395 g/mol. The molecule has 0 aliphatic rings. The zero-order valence-corrected chi connectivity index (χ0v) is 17.7. The first-order valence-corrected chi connectivity index (χ1v) is 9.74. The smallest absolute Gasteiger partial charge is 0.331 e. The Bertz CT molecular complexity index is 858. The Hall–Kier alpha value is -3.08. The molecule has 0 fully saturated rings. The number of hydrogen-bond donors (Lipinski definition) is 1. The fourth-order valence-corrected chi connectivity index (χ4v) is 3.02. The molecule has 0 atom stereocenters. The molecule has 0 saturated carbocycles. The second-order valence-electron chi connectivity index (χ2n) is 7.35. The molecule has 0 radical (unpaired) electrons. The number of hydrogen-bond acceptors (Lipinski definition) is 4. The summed E-state index contributed by atoms with van der Waals surface area (Å²) in [5.74, 6) is 0.220. The molecule has 0 aliphatic heterocycles. The second-order valence-corrected chi connectivity index (χ2v) is 7.35. The molecule has 5 nitrogen and oxygen atoms in total. The van der Waals surface area contributed by atoms with Gasteiger partial charge in [-0.25, -0.2) is 4.79 Å². The van der Waals surface area contributed by atoms with E-state index in [0.717, 1.165) is 22.4 Å². The van der Waals surface area contributed by atoms with Crippen LogP contribution in [0.1, 0.15) is 56.2 Å². The van der Waals surface area contributed by atoms with Crippen molar-refractivity contribution in [3.8, 4) is 5.75 Å². The van der Waals surface area contributed by atoms with E-state index < -0.39 is 5.97 Å². The molecule has 0 saturated heterocycles. The number of para-hydroxylation sites is 2. The molecule has 2 rings (SSSR count). The first-order valence-electron chi connectivity index (χ1n) is 9.74. The lowest BCUT2D eigenvalue weighted by atomic mass is 9.92. The fourth-order valence-electron chi connectivity index (χ4n) is 3.02. The van der Waals surface area contributed by atoms with E-state index in [0.29, 0.717) is 5.75 Å². The normalized spacial score (nSPS) is 11.1. The molecule has 29 heavy (non-hydrogen) atoms. The number of amides is 1. The SMILES string of the molecule is COc1ccccc1/C=C/C(=O)OCC(=O)Nc1c(C(C)C)cccc1C(C)C. The summed E-state index contributed by atoms with van der Waals surface area (Å²) in [6, 6.07) is 13.3. The van der Waals surface area contributed by atoms with E-state index in [1.54, 1.807) is 19.3 Å². The van der Waals surface area contributed by atoms with E-state index in [4.69, 9.17) is 9.47 Å². The largest absolute Gasteiger partial charge is 0.496 e. The highest BCUT2D eigenvalue weighted by molar-refractivity contribution is 5.96. The maximum absolute atomic E-state index is 12.4. The van der Waals surface area contributed by atoms with Gasteiger partial charge < -0.3 is 14.8 Å². The van der Waals surface area contributed by atoms with E-state index in [1.807, 2.05) is 36.4 Å². The number of anilines is 1. The summed E-state index contributed by atoms with van der Waals surface area (Å²) in [5.41, 5.74) is 3.69. The Morgan fingerprint density at radius 2 is 1.59 bits per heavy atom. The number of ether oxygens (including phenoxy) is 2. The van der Waals surface area contributed by atoms with Gasteiger partial charge >= 0.3 is 5.97 Å². The van der Waals surface area contributed by atoms with Crippen LogP contribution in [-0.4, -0.2) is 25.6 Å². The monoisotopic (exact) mass is 395 g/mol. The Morgan fingerprint density at radius 1 is 0.966 bits per heavy atom. The number of nitrogens with one attached hydrogen (secondary N) is 1. The lowest BCUT2D eigenvalue weighted by molar-refractivity contribution is -0.142. The predicted molar refractivity (Wildman–Crippen MR) is 116 cm³/mol. The van der Waals surface area contributed by atoms with Crippen LogP contribution < -0.4 is 10.1 Å². The second kappa shape index (κ2) is 10.5. The van der Waals surface area contributed by atoms with Crippen LogP contribution in [-0.2, 0) is 14.3 Å². The molecule has 2 aromatic rings. The van der Waals surface area contributed by atoms with Gasteiger partial charge in [-0.05, 0) is 35.1 Å². The van der Waals surface area contributed by atoms with E-state index in [9.17, 15) is 9.59 Å². The molecule has 5 heteroatoms. The van der Waals surface area contributed by atoms with Crippen LogP contribution in [0, 0.1) is 0 Å². The van der Waals surface area contributed by atoms with Gasteiger partial charge in [-0.2, -0.15) is 0 Å². The van der Waals surface area contributed by atoms with Gasteiger partial charge in [-0.3, -0.25) is 4.79 Å². The molecule has 0 aliphatic carbocycles. The van der Waals surface area contributed by atoms with Crippen LogP contribution in [0.2, 0.25) is 0 Å². The van der Waals surface area contributed by atoms with E-state index in [1.165, 1.54) is 6.08 Å². The van der Waals surface area contributed by atoms with Crippen molar-refractivity contribution in [1.29, 1.82) is 0 Å². The zero-order valence-electron chi connectivity index (χ0n) is 17.7. The van der Waals surface area contributed by atoms with E-state index >= 15 is 0 Å². The fraction of sp³-hybridized carbons (Fsp3) is 0.333. The number of rotatable bonds is 8. The number of methoxy groups -OCH3 is 1. The molecular formula is C24H29NO4. The highest BCUT2D eigenvalue weighted by Crippen LogP contribution is 2.32. The summed E-state index contributed by atoms with van der Waals surface area (Å²) in [4.78, 5) is 24.4. The van der Waals surface area contributed by atoms with Crippen molar-refractivity contribution in [3.05, 3.63) is 65.2 Å². The molecule has 0 unspecified atom stereocenters. The zero-order chi connectivity index (χ0) is 21.4. The third-order valence-electron chi connectivity index (χ3n) is 4.52. The minimum atomic E-state index is -0.590. The van der Waals surface area contributed by atoms with Gasteiger partial charge in [0.2, 0.25) is 0 Å². The quantitative estimate of drug-likeness (QED) is 0.497. The number of carbonyl (C=O) groups is 2. The van der Waals surface area contributed by atoms with Crippen molar-refractivity contribution in [3.63, 3.8) is 0 Å². The van der Waals surface area contributed by atoms with Gasteiger partial charge in [0.05, 0.1) is 7.11 Å². The molecule has 0 aromatic heterocycles. The van der Waals surface area contributed by atoms with Crippen LogP contribution in [0.25, 0.3) is 6.08 Å². The standard InChI is InChI=1S/C24H29NO4/c1-16(2)19-10-8-11-20(17(3)4)24(19)25-22(26)15-29-23(27)14-13-18-9-6-7-12-21(18)28-5/h6-14,16-17H,15H2,1-5H3,(H,25,26)/b14-13+. The first kappa shape index (κ1) is 22.2. The Balaban J connectivity index is 2.01. The molecule has 1 amide bonds. The van der Waals surface area contributed by atoms with Crippen LogP contribution >= 0.6 is 0 Å². The summed E-state index contributed by atoms with van der Waals surface area (Å²) >= 11 is 0. The summed E-state index contributed by atoms with van der Waals surface area (Å²) in [7, 11) is 1.57. The number of carbonyl (C=O) groups excluding carboxylic acids is 2. The number of benzene rings is 2. The molecule has 0 spiro atoms. The van der Waals surface area contributed by atoms with Crippen LogP contribution in [0.5, 0.6) is 5.75 Å².